The van der Waals surface area contributed by atoms with Gasteiger partial charge >= 0.3 is 0 Å². The van der Waals surface area contributed by atoms with Gasteiger partial charge in [-0.3, -0.25) is 4.79 Å². The predicted molar refractivity (Wildman–Crippen MR) is 167 cm³/mol. The highest BCUT2D eigenvalue weighted by Crippen LogP contribution is 2.36. The molecule has 0 aliphatic carbocycles. The molecule has 11 heteroatoms. The summed E-state index contributed by atoms with van der Waals surface area (Å²) in [6.45, 7) is 5.86. The highest BCUT2D eigenvalue weighted by atomic mass is 19.1. The number of anilines is 4. The van der Waals surface area contributed by atoms with E-state index in [1.54, 1.807) is 30.2 Å². The molecule has 44 heavy (non-hydrogen) atoms. The first kappa shape index (κ1) is 29.2. The number of nitrogens with zero attached hydrogens (tertiary/aromatic N) is 4. The lowest BCUT2D eigenvalue weighted by molar-refractivity contribution is -0.126. The van der Waals surface area contributed by atoms with Crippen LogP contribution in [0.1, 0.15) is 19.3 Å². The minimum absolute atomic E-state index is 0.0596. The smallest absolute Gasteiger partial charge is 0.245 e. The van der Waals surface area contributed by atoms with Gasteiger partial charge in [-0.2, -0.15) is 0 Å². The normalized spacial score (nSPS) is 17.0. The van der Waals surface area contributed by atoms with Gasteiger partial charge in [-0.05, 0) is 55.7 Å². The number of nitrogens with one attached hydrogen (secondary N) is 2. The average Bonchev–Trinajstić information content (AvgIpc) is 3.48. The maximum Gasteiger partial charge on any atom is 0.245 e. The Balaban J connectivity index is 1.18. The van der Waals surface area contributed by atoms with Crippen molar-refractivity contribution in [3.63, 3.8) is 0 Å². The number of carbonyl (C=O) groups excluding carboxylic acids is 1. The first-order chi connectivity index (χ1) is 21.4. The van der Waals surface area contributed by atoms with E-state index in [4.69, 9.17) is 9.47 Å². The van der Waals surface area contributed by atoms with E-state index in [1.807, 2.05) is 35.2 Å². The second-order valence-electron chi connectivity index (χ2n) is 10.9. The Morgan fingerprint density at radius 1 is 1.02 bits per heavy atom. The molecule has 2 saturated heterocycles. The summed E-state index contributed by atoms with van der Waals surface area (Å²) in [7, 11) is 1.60. The van der Waals surface area contributed by atoms with Crippen LogP contribution >= 0.6 is 0 Å². The molecule has 228 valence electrons. The van der Waals surface area contributed by atoms with Crippen molar-refractivity contribution in [1.29, 1.82) is 0 Å². The Morgan fingerprint density at radius 2 is 1.84 bits per heavy atom. The molecule has 3 heterocycles. The molecule has 1 aromatic heterocycles. The van der Waals surface area contributed by atoms with E-state index >= 15 is 4.39 Å². The fourth-order valence-corrected chi connectivity index (χ4v) is 5.68. The van der Waals surface area contributed by atoms with E-state index in [9.17, 15) is 9.18 Å². The van der Waals surface area contributed by atoms with E-state index in [2.05, 4.69) is 27.2 Å². The van der Waals surface area contributed by atoms with Crippen molar-refractivity contribution in [3.05, 3.63) is 79.4 Å². The van der Waals surface area contributed by atoms with Gasteiger partial charge in [0, 0.05) is 61.5 Å². The van der Waals surface area contributed by atoms with Crippen molar-refractivity contribution >= 4 is 39.7 Å². The maximum atomic E-state index is 15.3. The van der Waals surface area contributed by atoms with Gasteiger partial charge in [-0.1, -0.05) is 12.6 Å². The van der Waals surface area contributed by atoms with Crippen LogP contribution in [0.2, 0.25) is 0 Å². The van der Waals surface area contributed by atoms with Crippen molar-refractivity contribution < 1.29 is 23.0 Å². The average molecular weight is 601 g/mol. The Hall–Kier alpha value is -4.93. The molecule has 1 atom stereocenters. The van der Waals surface area contributed by atoms with Gasteiger partial charge in [-0.15, -0.1) is 0 Å². The molecule has 0 spiro atoms. The molecule has 2 aliphatic rings. The summed E-state index contributed by atoms with van der Waals surface area (Å²) in [6, 6.07) is 15.8. The van der Waals surface area contributed by atoms with Gasteiger partial charge in [0.2, 0.25) is 5.91 Å². The third-order valence-corrected chi connectivity index (χ3v) is 8.04. The predicted octanol–water partition coefficient (Wildman–Crippen LogP) is 6.45. The van der Waals surface area contributed by atoms with Gasteiger partial charge in [0.15, 0.2) is 0 Å². The molecule has 9 nitrogen and oxygen atoms in total. The van der Waals surface area contributed by atoms with Crippen molar-refractivity contribution in [2.24, 2.45) is 0 Å². The fourth-order valence-electron chi connectivity index (χ4n) is 5.68. The van der Waals surface area contributed by atoms with Crippen molar-refractivity contribution in [1.82, 2.24) is 14.9 Å². The van der Waals surface area contributed by atoms with Crippen LogP contribution in [0, 0.1) is 5.82 Å². The summed E-state index contributed by atoms with van der Waals surface area (Å²) in [5, 5.41) is 7.33. The maximum absolute atomic E-state index is 15.3. The standard InChI is InChI=1S/C33H34F2N6O3/c1-3-32(42)40-13-10-22(11-14-40)38-30-17-26-29(18-31(30)43-2)36-20-37-33(26)39-28-8-7-25(16-27(28)35)44-24-6-4-5-23(15-24)41-12-9-21(34)19-41/h3-8,15-18,20-22,38H,1,9-14,19H2,2H3,(H,36,37,39)/t21-/m0/s1. The number of likely N-dealkylation sites (tertiary alicyclic amines) is 1. The number of hydrogen-bond acceptors (Lipinski definition) is 8. The number of ether oxygens (including phenoxy) is 2. The molecule has 4 aromatic rings. The molecule has 0 saturated carbocycles. The van der Waals surface area contributed by atoms with Crippen molar-refractivity contribution in [2.45, 2.75) is 31.5 Å². The lowest BCUT2D eigenvalue weighted by Gasteiger charge is -2.32. The molecule has 6 rings (SSSR count). The zero-order chi connectivity index (χ0) is 30.6. The Labute approximate surface area is 254 Å². The molecule has 2 aliphatic heterocycles. The quantitative estimate of drug-likeness (QED) is 0.212. The van der Waals surface area contributed by atoms with Gasteiger partial charge in [0.1, 0.15) is 41.4 Å². The number of piperidine rings is 1. The van der Waals surface area contributed by atoms with E-state index in [-0.39, 0.29) is 17.6 Å². The molecule has 2 N–H and O–H groups in total. The van der Waals surface area contributed by atoms with Crippen LogP contribution in [-0.2, 0) is 4.79 Å². The summed E-state index contributed by atoms with van der Waals surface area (Å²) in [5.41, 5.74) is 2.49. The number of rotatable bonds is 9. The molecule has 3 aromatic carbocycles. The van der Waals surface area contributed by atoms with Crippen LogP contribution < -0.4 is 25.0 Å². The molecule has 1 amide bonds. The lowest BCUT2D eigenvalue weighted by atomic mass is 10.0. The number of hydrogen-bond donors (Lipinski definition) is 2. The number of methoxy groups -OCH3 is 1. The highest BCUT2D eigenvalue weighted by Gasteiger charge is 2.24. The summed E-state index contributed by atoms with van der Waals surface area (Å²) >= 11 is 0. The number of halogens is 2. The lowest BCUT2D eigenvalue weighted by Crippen LogP contribution is -2.41. The van der Waals surface area contributed by atoms with E-state index in [1.165, 1.54) is 18.5 Å². The molecule has 0 radical (unpaired) electrons. The Morgan fingerprint density at radius 3 is 2.57 bits per heavy atom. The number of amides is 1. The number of carbonyl (C=O) groups is 1. The SMILES string of the molecule is C=CC(=O)N1CCC(Nc2cc3c(Nc4ccc(Oc5cccc(N6CC[C@H](F)C6)c5)cc4F)ncnc3cc2OC)CC1. The van der Waals surface area contributed by atoms with E-state index in [0.717, 1.165) is 24.2 Å². The third kappa shape index (κ3) is 6.36. The van der Waals surface area contributed by atoms with Crippen molar-refractivity contribution in [3.8, 4) is 17.2 Å². The summed E-state index contributed by atoms with van der Waals surface area (Å²) in [6.07, 6.45) is 3.99. The minimum Gasteiger partial charge on any atom is -0.495 e. The summed E-state index contributed by atoms with van der Waals surface area (Å²) < 4.78 is 40.6. The molecular weight excluding hydrogens is 566 g/mol. The second-order valence-corrected chi connectivity index (χ2v) is 10.9. The van der Waals surface area contributed by atoms with Crippen LogP contribution in [0.4, 0.5) is 31.7 Å². The molecular formula is C33H34F2N6O3. The van der Waals surface area contributed by atoms with Gasteiger partial charge in [0.25, 0.3) is 0 Å². The number of benzene rings is 3. The van der Waals surface area contributed by atoms with Crippen LogP contribution in [-0.4, -0.2) is 66.3 Å². The topological polar surface area (TPSA) is 91.9 Å². The summed E-state index contributed by atoms with van der Waals surface area (Å²) in [4.78, 5) is 24.5. The number of alkyl halides is 1. The highest BCUT2D eigenvalue weighted by molar-refractivity contribution is 5.95. The van der Waals surface area contributed by atoms with Gasteiger partial charge in [0.05, 0.1) is 24.0 Å². The zero-order valence-electron chi connectivity index (χ0n) is 24.4. The molecule has 0 bridgehead atoms. The number of fused-ring (bicyclic) bond motifs is 1. The fraction of sp³-hybridized carbons (Fsp3) is 0.303. The number of aromatic nitrogens is 2. The zero-order valence-corrected chi connectivity index (χ0v) is 24.4. The van der Waals surface area contributed by atoms with Gasteiger partial charge < -0.3 is 29.9 Å². The molecule has 0 unspecified atom stereocenters. The monoisotopic (exact) mass is 600 g/mol. The van der Waals surface area contributed by atoms with Crippen LogP contribution in [0.25, 0.3) is 10.9 Å². The van der Waals surface area contributed by atoms with Crippen molar-refractivity contribution in [2.75, 3.05) is 48.8 Å². The first-order valence-electron chi connectivity index (χ1n) is 14.6. The largest absolute Gasteiger partial charge is 0.495 e. The molecule has 2 fully saturated rings. The van der Waals surface area contributed by atoms with E-state index < -0.39 is 12.0 Å². The van der Waals surface area contributed by atoms with Crippen LogP contribution in [0.3, 0.4) is 0 Å². The van der Waals surface area contributed by atoms with Gasteiger partial charge in [-0.25, -0.2) is 18.7 Å². The van der Waals surface area contributed by atoms with E-state index in [0.29, 0.717) is 66.6 Å². The van der Waals surface area contributed by atoms with Crippen LogP contribution in [0.15, 0.2) is 73.6 Å². The minimum atomic E-state index is -0.829. The third-order valence-electron chi connectivity index (χ3n) is 8.04. The second kappa shape index (κ2) is 12.7. The summed E-state index contributed by atoms with van der Waals surface area (Å²) in [5.74, 6) is 1.36. The Bertz CT molecular complexity index is 1680. The first-order valence-corrected chi connectivity index (χ1v) is 14.6. The van der Waals surface area contributed by atoms with Crippen LogP contribution in [0.5, 0.6) is 17.2 Å². The Kier molecular flexibility index (Phi) is 8.44.